The van der Waals surface area contributed by atoms with E-state index < -0.39 is 5.79 Å². The molecule has 74 valence electrons. The van der Waals surface area contributed by atoms with Gasteiger partial charge in [0.1, 0.15) is 12.5 Å². The fourth-order valence-electron chi connectivity index (χ4n) is 1.42. The quantitative estimate of drug-likeness (QED) is 0.699. The molecule has 1 aliphatic heterocycles. The monoisotopic (exact) mass is 210 g/mol. The zero-order chi connectivity index (χ0) is 10.0. The highest BCUT2D eigenvalue weighted by Gasteiger charge is 2.31. The molecule has 0 radical (unpaired) electrons. The highest BCUT2D eigenvalue weighted by molar-refractivity contribution is 6.17. The van der Waals surface area contributed by atoms with Gasteiger partial charge in [0.15, 0.2) is 0 Å². The van der Waals surface area contributed by atoms with Gasteiger partial charge in [-0.15, -0.1) is 11.6 Å². The van der Waals surface area contributed by atoms with Gasteiger partial charge in [-0.05, 0) is 11.6 Å². The van der Waals surface area contributed by atoms with Crippen molar-refractivity contribution in [2.45, 2.75) is 18.6 Å². The Kier molecular flexibility index (Phi) is 2.38. The van der Waals surface area contributed by atoms with Crippen molar-refractivity contribution >= 4 is 11.6 Å². The molecule has 3 heteroatoms. The lowest BCUT2D eigenvalue weighted by molar-refractivity contribution is -0.133. The first-order chi connectivity index (χ1) is 6.74. The van der Waals surface area contributed by atoms with Crippen molar-refractivity contribution < 1.29 is 9.47 Å². The molecule has 0 fully saturated rings. The normalized spacial score (nSPS) is 17.6. The van der Waals surface area contributed by atoms with Gasteiger partial charge in [-0.1, -0.05) is 18.2 Å². The molecule has 1 aromatic rings. The van der Waals surface area contributed by atoms with Crippen molar-refractivity contribution in [1.29, 1.82) is 0 Å². The van der Waals surface area contributed by atoms with Crippen LogP contribution in [0.4, 0.5) is 0 Å². The molecular formula is C11H11ClO2. The minimum atomic E-state index is -0.692. The van der Waals surface area contributed by atoms with E-state index in [0.717, 1.165) is 11.1 Å². The predicted octanol–water partition coefficient (Wildman–Crippen LogP) is 3.12. The van der Waals surface area contributed by atoms with E-state index in [2.05, 4.69) is 0 Å². The average Bonchev–Trinajstić information content (AvgIpc) is 2.67. The van der Waals surface area contributed by atoms with Gasteiger partial charge >= 0.3 is 0 Å². The van der Waals surface area contributed by atoms with E-state index >= 15 is 0 Å². The van der Waals surface area contributed by atoms with Gasteiger partial charge in [0, 0.05) is 18.4 Å². The Morgan fingerprint density at radius 1 is 1.29 bits per heavy atom. The molecule has 14 heavy (non-hydrogen) atoms. The van der Waals surface area contributed by atoms with Gasteiger partial charge in [-0.3, -0.25) is 0 Å². The molecule has 0 aliphatic carbocycles. The van der Waals surface area contributed by atoms with E-state index in [-0.39, 0.29) is 0 Å². The topological polar surface area (TPSA) is 18.5 Å². The molecule has 0 bridgehead atoms. The lowest BCUT2D eigenvalue weighted by atomic mass is 10.1. The molecule has 0 aromatic heterocycles. The highest BCUT2D eigenvalue weighted by Crippen LogP contribution is 2.31. The Hall–Kier alpha value is -1.15. The maximum Gasteiger partial charge on any atom is 0.273 e. The summed E-state index contributed by atoms with van der Waals surface area (Å²) < 4.78 is 10.8. The van der Waals surface area contributed by atoms with Gasteiger partial charge in [-0.25, -0.2) is 0 Å². The minimum Gasteiger partial charge on any atom is -0.453 e. The second-order valence-corrected chi connectivity index (χ2v) is 3.55. The summed E-state index contributed by atoms with van der Waals surface area (Å²) in [7, 11) is 0. The second kappa shape index (κ2) is 3.54. The molecule has 0 saturated heterocycles. The number of benzene rings is 1. The molecule has 0 unspecified atom stereocenters. The summed E-state index contributed by atoms with van der Waals surface area (Å²) in [5, 5.41) is 0. The molecule has 0 atom stereocenters. The lowest BCUT2D eigenvalue weighted by Crippen LogP contribution is -2.22. The third-order valence-electron chi connectivity index (χ3n) is 2.25. The largest absolute Gasteiger partial charge is 0.453 e. The van der Waals surface area contributed by atoms with Gasteiger partial charge in [0.2, 0.25) is 0 Å². The molecule has 0 spiro atoms. The van der Waals surface area contributed by atoms with E-state index in [1.165, 1.54) is 0 Å². The number of halogens is 1. The average molecular weight is 211 g/mol. The number of hydrogen-bond donors (Lipinski definition) is 0. The van der Waals surface area contributed by atoms with Crippen molar-refractivity contribution in [2.75, 3.05) is 0 Å². The van der Waals surface area contributed by atoms with Crippen LogP contribution in [-0.4, -0.2) is 0 Å². The van der Waals surface area contributed by atoms with Crippen molar-refractivity contribution in [1.82, 2.24) is 0 Å². The second-order valence-electron chi connectivity index (χ2n) is 3.29. The standard InChI is InChI=1S/C11H11ClO2/c1-11(13-5-6-14-11)10-4-2-3-9(7-10)8-12/h2-7H,8H2,1H3. The molecule has 0 N–H and O–H groups in total. The maximum absolute atomic E-state index is 5.75. The first-order valence-corrected chi connectivity index (χ1v) is 4.94. The van der Waals surface area contributed by atoms with Crippen molar-refractivity contribution in [3.63, 3.8) is 0 Å². The number of ether oxygens (including phenoxy) is 2. The Morgan fingerprint density at radius 2 is 2.00 bits per heavy atom. The molecule has 1 aromatic carbocycles. The lowest BCUT2D eigenvalue weighted by Gasteiger charge is -2.23. The van der Waals surface area contributed by atoms with Crippen LogP contribution >= 0.6 is 11.6 Å². The first-order valence-electron chi connectivity index (χ1n) is 4.41. The molecular weight excluding hydrogens is 200 g/mol. The fourth-order valence-corrected chi connectivity index (χ4v) is 1.58. The summed E-state index contributed by atoms with van der Waals surface area (Å²) in [4.78, 5) is 0. The predicted molar refractivity (Wildman–Crippen MR) is 54.7 cm³/mol. The molecule has 0 amide bonds. The smallest absolute Gasteiger partial charge is 0.273 e. The summed E-state index contributed by atoms with van der Waals surface area (Å²) in [5.74, 6) is -0.195. The molecule has 0 saturated carbocycles. The Bertz CT molecular complexity index is 352. The summed E-state index contributed by atoms with van der Waals surface area (Å²) in [6.45, 7) is 1.88. The number of rotatable bonds is 2. The molecule has 1 heterocycles. The first kappa shape index (κ1) is 9.41. The van der Waals surface area contributed by atoms with E-state index in [1.807, 2.05) is 31.2 Å². The van der Waals surface area contributed by atoms with Crippen molar-refractivity contribution in [2.24, 2.45) is 0 Å². The van der Waals surface area contributed by atoms with Crippen LogP contribution in [0.5, 0.6) is 0 Å². The number of alkyl halides is 1. The van der Waals surface area contributed by atoms with Crippen LogP contribution in [0, 0.1) is 0 Å². The van der Waals surface area contributed by atoms with Gasteiger partial charge in [0.25, 0.3) is 5.79 Å². The van der Waals surface area contributed by atoms with Gasteiger partial charge < -0.3 is 9.47 Å². The molecule has 2 nitrogen and oxygen atoms in total. The van der Waals surface area contributed by atoms with Crippen LogP contribution in [0.3, 0.4) is 0 Å². The number of hydrogen-bond acceptors (Lipinski definition) is 2. The Labute approximate surface area is 88.1 Å². The van der Waals surface area contributed by atoms with Crippen molar-refractivity contribution in [3.05, 3.63) is 47.9 Å². The molecule has 2 rings (SSSR count). The van der Waals surface area contributed by atoms with Crippen LogP contribution in [0.1, 0.15) is 18.1 Å². The zero-order valence-electron chi connectivity index (χ0n) is 7.87. The third-order valence-corrected chi connectivity index (χ3v) is 2.56. The summed E-state index contributed by atoms with van der Waals surface area (Å²) in [6, 6.07) is 7.87. The van der Waals surface area contributed by atoms with Crippen LogP contribution in [0.15, 0.2) is 36.8 Å². The minimum absolute atomic E-state index is 0.497. The van der Waals surface area contributed by atoms with Crippen LogP contribution in [-0.2, 0) is 21.1 Å². The summed E-state index contributed by atoms with van der Waals surface area (Å²) in [5.41, 5.74) is 2.03. The highest BCUT2D eigenvalue weighted by atomic mass is 35.5. The Morgan fingerprint density at radius 3 is 2.64 bits per heavy atom. The summed E-state index contributed by atoms with van der Waals surface area (Å²) in [6.07, 6.45) is 3.10. The van der Waals surface area contributed by atoms with Crippen LogP contribution in [0.25, 0.3) is 0 Å². The van der Waals surface area contributed by atoms with Crippen LogP contribution < -0.4 is 0 Å². The van der Waals surface area contributed by atoms with E-state index in [9.17, 15) is 0 Å². The van der Waals surface area contributed by atoms with Crippen LogP contribution in [0.2, 0.25) is 0 Å². The third kappa shape index (κ3) is 1.58. The summed E-state index contributed by atoms with van der Waals surface area (Å²) >= 11 is 5.75. The zero-order valence-corrected chi connectivity index (χ0v) is 8.62. The van der Waals surface area contributed by atoms with E-state index in [0.29, 0.717) is 5.88 Å². The SMILES string of the molecule is CC1(c2cccc(CCl)c2)OC=CO1. The van der Waals surface area contributed by atoms with Gasteiger partial charge in [-0.2, -0.15) is 0 Å². The van der Waals surface area contributed by atoms with E-state index in [4.69, 9.17) is 21.1 Å². The Balaban J connectivity index is 2.31. The maximum atomic E-state index is 5.75. The van der Waals surface area contributed by atoms with E-state index in [1.54, 1.807) is 12.5 Å². The van der Waals surface area contributed by atoms with Gasteiger partial charge in [0.05, 0.1) is 0 Å². The fraction of sp³-hybridized carbons (Fsp3) is 0.273. The molecule has 1 aliphatic rings. The van der Waals surface area contributed by atoms with Crippen molar-refractivity contribution in [3.8, 4) is 0 Å².